The van der Waals surface area contributed by atoms with Crippen molar-refractivity contribution in [1.82, 2.24) is 10.3 Å². The van der Waals surface area contributed by atoms with Crippen molar-refractivity contribution in [2.24, 2.45) is 0 Å². The number of ether oxygens (including phenoxy) is 1. The zero-order chi connectivity index (χ0) is 18.4. The molecule has 2 aromatic carbocycles. The van der Waals surface area contributed by atoms with E-state index >= 15 is 0 Å². The Morgan fingerprint density at radius 1 is 1.12 bits per heavy atom. The molecule has 7 heteroatoms. The highest BCUT2D eigenvalue weighted by atomic mass is 32.1. The number of nitrogens with one attached hydrogen (secondary N) is 1. The third-order valence-corrected chi connectivity index (χ3v) is 4.45. The zero-order valence-corrected chi connectivity index (χ0v) is 14.7. The quantitative estimate of drug-likeness (QED) is 0.555. The van der Waals surface area contributed by atoms with Crippen molar-refractivity contribution >= 4 is 17.2 Å². The van der Waals surface area contributed by atoms with Crippen LogP contribution in [0.4, 0.5) is 0 Å². The summed E-state index contributed by atoms with van der Waals surface area (Å²) in [4.78, 5) is 16.3. The minimum atomic E-state index is -0.191. The van der Waals surface area contributed by atoms with Gasteiger partial charge in [-0.3, -0.25) is 4.79 Å². The number of hydrogen-bond acceptors (Lipinski definition) is 6. The molecule has 0 aliphatic carbocycles. The van der Waals surface area contributed by atoms with E-state index in [0.717, 1.165) is 10.8 Å². The maximum absolute atomic E-state index is 11.9. The average molecular weight is 370 g/mol. The van der Waals surface area contributed by atoms with E-state index in [1.54, 1.807) is 6.07 Å². The Kier molecular flexibility index (Phi) is 5.70. The van der Waals surface area contributed by atoms with Gasteiger partial charge in [0.2, 0.25) is 5.91 Å². The lowest BCUT2D eigenvalue weighted by Gasteiger charge is -2.06. The molecule has 0 spiro atoms. The fraction of sp³-hybridized carbons (Fsp3) is 0.158. The number of amides is 1. The van der Waals surface area contributed by atoms with Gasteiger partial charge in [0.05, 0.1) is 25.3 Å². The van der Waals surface area contributed by atoms with Gasteiger partial charge in [-0.1, -0.05) is 18.2 Å². The molecule has 0 unspecified atom stereocenters. The number of para-hydroxylation sites is 1. The predicted octanol–water partition coefficient (Wildman–Crippen LogP) is 3.31. The minimum Gasteiger partial charge on any atom is -0.504 e. The first-order chi connectivity index (χ1) is 12.6. The maximum Gasteiger partial charge on any atom is 0.223 e. The summed E-state index contributed by atoms with van der Waals surface area (Å²) < 4.78 is 5.49. The lowest BCUT2D eigenvalue weighted by molar-refractivity contribution is -0.121. The lowest BCUT2D eigenvalue weighted by atomic mass is 10.1. The number of hydrogen-bond donors (Lipinski definition) is 3. The van der Waals surface area contributed by atoms with Crippen LogP contribution in [0, 0.1) is 0 Å². The first-order valence-corrected chi connectivity index (χ1v) is 8.91. The Morgan fingerprint density at radius 2 is 1.92 bits per heavy atom. The summed E-state index contributed by atoms with van der Waals surface area (Å²) in [5.41, 5.74) is 1.38. The van der Waals surface area contributed by atoms with Crippen LogP contribution in [0.5, 0.6) is 17.2 Å². The van der Waals surface area contributed by atoms with Crippen LogP contribution in [0.2, 0.25) is 0 Å². The molecule has 0 atom stereocenters. The van der Waals surface area contributed by atoms with Crippen molar-refractivity contribution < 1.29 is 19.7 Å². The van der Waals surface area contributed by atoms with Crippen molar-refractivity contribution in [1.29, 1.82) is 0 Å². The topological polar surface area (TPSA) is 91.7 Å². The number of thiazole rings is 1. The van der Waals surface area contributed by atoms with Crippen molar-refractivity contribution in [3.05, 3.63) is 58.9 Å². The molecule has 134 valence electrons. The van der Waals surface area contributed by atoms with Crippen LogP contribution >= 0.6 is 11.3 Å². The molecular weight excluding hydrogens is 352 g/mol. The molecule has 3 N–H and O–H groups in total. The average Bonchev–Trinajstić information content (AvgIpc) is 3.12. The summed E-state index contributed by atoms with van der Waals surface area (Å²) in [6.45, 7) is 0.644. The highest BCUT2D eigenvalue weighted by molar-refractivity contribution is 7.09. The number of phenols is 2. The first kappa shape index (κ1) is 17.8. The first-order valence-electron chi connectivity index (χ1n) is 8.03. The van der Waals surface area contributed by atoms with Gasteiger partial charge in [-0.2, -0.15) is 0 Å². The molecule has 0 aliphatic heterocycles. The Balaban J connectivity index is 1.47. The summed E-state index contributed by atoms with van der Waals surface area (Å²) in [7, 11) is 0. The zero-order valence-electron chi connectivity index (χ0n) is 13.9. The van der Waals surface area contributed by atoms with E-state index in [4.69, 9.17) is 4.74 Å². The van der Waals surface area contributed by atoms with Gasteiger partial charge in [0.25, 0.3) is 0 Å². The van der Waals surface area contributed by atoms with E-state index in [0.29, 0.717) is 24.4 Å². The largest absolute Gasteiger partial charge is 0.504 e. The second kappa shape index (κ2) is 8.35. The number of carbonyl (C=O) groups is 1. The molecule has 0 saturated heterocycles. The van der Waals surface area contributed by atoms with Crippen LogP contribution in [-0.2, 0) is 11.3 Å². The van der Waals surface area contributed by atoms with Crippen molar-refractivity contribution in [3.8, 4) is 28.5 Å². The number of aromatic hydroxyl groups is 2. The Labute approximate surface area is 154 Å². The van der Waals surface area contributed by atoms with Crippen LogP contribution in [-0.4, -0.2) is 27.7 Å². The van der Waals surface area contributed by atoms with Crippen LogP contribution in [0.25, 0.3) is 11.3 Å². The number of carbonyl (C=O) groups excluding carboxylic acids is 1. The third-order valence-electron chi connectivity index (χ3n) is 3.60. The predicted molar refractivity (Wildman–Crippen MR) is 99.3 cm³/mol. The van der Waals surface area contributed by atoms with E-state index in [-0.39, 0.29) is 23.8 Å². The van der Waals surface area contributed by atoms with Gasteiger partial charge in [0, 0.05) is 10.9 Å². The van der Waals surface area contributed by atoms with Crippen LogP contribution in [0.15, 0.2) is 53.9 Å². The third kappa shape index (κ3) is 4.73. The van der Waals surface area contributed by atoms with Crippen LogP contribution < -0.4 is 10.1 Å². The molecule has 3 rings (SSSR count). The molecule has 0 fully saturated rings. The van der Waals surface area contributed by atoms with E-state index < -0.39 is 0 Å². The Bertz CT molecular complexity index is 880. The molecule has 0 saturated carbocycles. The van der Waals surface area contributed by atoms with Crippen LogP contribution in [0.3, 0.4) is 0 Å². The summed E-state index contributed by atoms with van der Waals surface area (Å²) in [6, 6.07) is 13.9. The molecule has 1 amide bonds. The number of aromatic nitrogens is 1. The van der Waals surface area contributed by atoms with Crippen molar-refractivity contribution in [3.63, 3.8) is 0 Å². The molecule has 0 radical (unpaired) electrons. The molecule has 0 aliphatic rings. The van der Waals surface area contributed by atoms with Gasteiger partial charge >= 0.3 is 0 Å². The number of nitrogens with zero attached hydrogens (tertiary/aromatic N) is 1. The van der Waals surface area contributed by atoms with E-state index in [1.807, 2.05) is 35.7 Å². The monoisotopic (exact) mass is 370 g/mol. The normalized spacial score (nSPS) is 10.5. The smallest absolute Gasteiger partial charge is 0.223 e. The summed E-state index contributed by atoms with van der Waals surface area (Å²) in [5, 5.41) is 24.3. The standard InChI is InChI=1S/C19H18N2O4S/c22-16-7-6-13(10-17(16)23)15-12-26-19(21-15)11-20-18(24)8-9-25-14-4-2-1-3-5-14/h1-7,10,12,22-23H,8-9,11H2,(H,20,24). The number of phenolic OH excluding ortho intramolecular Hbond substituents is 2. The van der Waals surface area contributed by atoms with E-state index in [1.165, 1.54) is 23.5 Å². The number of rotatable bonds is 7. The van der Waals surface area contributed by atoms with Crippen molar-refractivity contribution in [2.45, 2.75) is 13.0 Å². The highest BCUT2D eigenvalue weighted by Gasteiger charge is 2.09. The minimum absolute atomic E-state index is 0.111. The van der Waals surface area contributed by atoms with Gasteiger partial charge < -0.3 is 20.3 Å². The number of benzene rings is 2. The summed E-state index contributed by atoms with van der Waals surface area (Å²) in [6.07, 6.45) is 0.263. The van der Waals surface area contributed by atoms with Crippen LogP contribution in [0.1, 0.15) is 11.4 Å². The Morgan fingerprint density at radius 3 is 2.69 bits per heavy atom. The fourth-order valence-corrected chi connectivity index (χ4v) is 2.99. The van der Waals surface area contributed by atoms with Gasteiger partial charge in [-0.05, 0) is 30.3 Å². The van der Waals surface area contributed by atoms with Gasteiger partial charge in [0.15, 0.2) is 11.5 Å². The SMILES string of the molecule is O=C(CCOc1ccccc1)NCc1nc(-c2ccc(O)c(O)c2)cs1. The van der Waals surface area contributed by atoms with Gasteiger partial charge in [-0.25, -0.2) is 4.98 Å². The maximum atomic E-state index is 11.9. The Hall–Kier alpha value is -3.06. The second-order valence-electron chi connectivity index (χ2n) is 5.52. The molecule has 1 aromatic heterocycles. The van der Waals surface area contributed by atoms with Gasteiger partial charge in [-0.15, -0.1) is 11.3 Å². The molecular formula is C19H18N2O4S. The molecule has 6 nitrogen and oxygen atoms in total. The van der Waals surface area contributed by atoms with E-state index in [2.05, 4.69) is 10.3 Å². The fourth-order valence-electron chi connectivity index (χ4n) is 2.25. The molecule has 26 heavy (non-hydrogen) atoms. The lowest BCUT2D eigenvalue weighted by Crippen LogP contribution is -2.24. The summed E-state index contributed by atoms with van der Waals surface area (Å²) in [5.74, 6) is 0.264. The van der Waals surface area contributed by atoms with Crippen molar-refractivity contribution in [2.75, 3.05) is 6.61 Å². The van der Waals surface area contributed by atoms with Gasteiger partial charge in [0.1, 0.15) is 10.8 Å². The molecule has 1 heterocycles. The summed E-state index contributed by atoms with van der Waals surface area (Å²) >= 11 is 1.42. The van der Waals surface area contributed by atoms with E-state index in [9.17, 15) is 15.0 Å². The highest BCUT2D eigenvalue weighted by Crippen LogP contribution is 2.30. The second-order valence-corrected chi connectivity index (χ2v) is 6.46. The molecule has 0 bridgehead atoms. The molecule has 3 aromatic rings.